The van der Waals surface area contributed by atoms with Gasteiger partial charge in [0.1, 0.15) is 0 Å². The van der Waals surface area contributed by atoms with E-state index in [2.05, 4.69) is 0 Å². The highest BCUT2D eigenvalue weighted by Crippen LogP contribution is 2.10. The first-order valence-electron chi connectivity index (χ1n) is 4.24. The lowest BCUT2D eigenvalue weighted by Crippen LogP contribution is -2.17. The Morgan fingerprint density at radius 3 is 2.42 bits per heavy atom. The molecule has 4 heteroatoms. The molecule has 0 atom stereocenters. The summed E-state index contributed by atoms with van der Waals surface area (Å²) in [5.41, 5.74) is 0. The molecule has 12 heavy (non-hydrogen) atoms. The van der Waals surface area contributed by atoms with Crippen molar-refractivity contribution in [1.82, 2.24) is 0 Å². The summed E-state index contributed by atoms with van der Waals surface area (Å²) in [4.78, 5) is 10.2. The molecule has 70 valence electrons. The van der Waals surface area contributed by atoms with Crippen LogP contribution >= 0.6 is 0 Å². The van der Waals surface area contributed by atoms with Gasteiger partial charge in [0.2, 0.25) is 0 Å². The highest BCUT2D eigenvalue weighted by Gasteiger charge is 2.13. The van der Waals surface area contributed by atoms with Gasteiger partial charge in [-0.05, 0) is 12.8 Å². The van der Waals surface area contributed by atoms with Crippen LogP contribution in [0.5, 0.6) is 0 Å². The van der Waals surface area contributed by atoms with Gasteiger partial charge in [0, 0.05) is 19.6 Å². The van der Waals surface area contributed by atoms with Gasteiger partial charge in [-0.1, -0.05) is 0 Å². The summed E-state index contributed by atoms with van der Waals surface area (Å²) < 4.78 is 10.5. The molecule has 0 saturated carbocycles. The lowest BCUT2D eigenvalue weighted by atomic mass is 10.3. The molecule has 0 amide bonds. The van der Waals surface area contributed by atoms with Crippen molar-refractivity contribution in [3.8, 4) is 0 Å². The zero-order valence-corrected chi connectivity index (χ0v) is 6.99. The molecule has 0 radical (unpaired) electrons. The standard InChI is InChI=1S/C8H14O4/c9-7(10)3-4-8-11-5-1-2-6-12-8/h8H,1-6H2,(H,9,10). The van der Waals surface area contributed by atoms with Crippen LogP contribution in [0.3, 0.4) is 0 Å². The fraction of sp³-hybridized carbons (Fsp3) is 0.875. The number of aliphatic carboxylic acids is 1. The van der Waals surface area contributed by atoms with Gasteiger partial charge >= 0.3 is 5.97 Å². The first-order chi connectivity index (χ1) is 5.79. The average Bonchev–Trinajstić information content (AvgIpc) is 2.28. The molecule has 1 aliphatic rings. The number of hydrogen-bond donors (Lipinski definition) is 1. The zero-order valence-electron chi connectivity index (χ0n) is 6.99. The van der Waals surface area contributed by atoms with Gasteiger partial charge in [-0.2, -0.15) is 0 Å². The second kappa shape index (κ2) is 5.11. The van der Waals surface area contributed by atoms with Crippen LogP contribution in [0.1, 0.15) is 25.7 Å². The van der Waals surface area contributed by atoms with Gasteiger partial charge in [-0.3, -0.25) is 4.79 Å². The fourth-order valence-corrected chi connectivity index (χ4v) is 1.09. The Morgan fingerprint density at radius 1 is 1.33 bits per heavy atom. The van der Waals surface area contributed by atoms with Crippen LogP contribution in [0.2, 0.25) is 0 Å². The normalized spacial score (nSPS) is 20.3. The fourth-order valence-electron chi connectivity index (χ4n) is 1.09. The second-order valence-corrected chi connectivity index (χ2v) is 2.81. The maximum absolute atomic E-state index is 10.2. The van der Waals surface area contributed by atoms with Gasteiger partial charge in [-0.15, -0.1) is 0 Å². The van der Waals surface area contributed by atoms with E-state index in [4.69, 9.17) is 14.6 Å². The summed E-state index contributed by atoms with van der Waals surface area (Å²) in [5, 5.41) is 8.40. The van der Waals surface area contributed by atoms with E-state index < -0.39 is 5.97 Å². The van der Waals surface area contributed by atoms with Crippen molar-refractivity contribution in [3.05, 3.63) is 0 Å². The molecule has 1 N–H and O–H groups in total. The van der Waals surface area contributed by atoms with E-state index in [0.29, 0.717) is 19.6 Å². The van der Waals surface area contributed by atoms with Crippen molar-refractivity contribution in [2.75, 3.05) is 13.2 Å². The molecule has 0 bridgehead atoms. The van der Waals surface area contributed by atoms with Crippen molar-refractivity contribution < 1.29 is 19.4 Å². The molecule has 0 spiro atoms. The minimum absolute atomic E-state index is 0.116. The van der Waals surface area contributed by atoms with Crippen molar-refractivity contribution in [1.29, 1.82) is 0 Å². The van der Waals surface area contributed by atoms with Gasteiger partial charge < -0.3 is 14.6 Å². The first-order valence-corrected chi connectivity index (χ1v) is 4.24. The third kappa shape index (κ3) is 3.69. The number of carbonyl (C=O) groups is 1. The third-order valence-corrected chi connectivity index (χ3v) is 1.74. The molecular weight excluding hydrogens is 160 g/mol. The summed E-state index contributed by atoms with van der Waals surface area (Å²) in [5.74, 6) is -0.800. The van der Waals surface area contributed by atoms with Crippen molar-refractivity contribution in [2.45, 2.75) is 32.0 Å². The number of carboxylic acids is 1. The van der Waals surface area contributed by atoms with E-state index in [1.54, 1.807) is 0 Å². The number of ether oxygens (including phenoxy) is 2. The van der Waals surface area contributed by atoms with Crippen LogP contribution in [0.25, 0.3) is 0 Å². The molecule has 1 heterocycles. The molecule has 0 aromatic heterocycles. The molecule has 0 aromatic rings. The van der Waals surface area contributed by atoms with Crippen LogP contribution in [0.15, 0.2) is 0 Å². The van der Waals surface area contributed by atoms with Crippen LogP contribution in [0.4, 0.5) is 0 Å². The molecule has 4 nitrogen and oxygen atoms in total. The average molecular weight is 174 g/mol. The van der Waals surface area contributed by atoms with Gasteiger partial charge in [0.25, 0.3) is 0 Å². The third-order valence-electron chi connectivity index (χ3n) is 1.74. The molecule has 1 fully saturated rings. The van der Waals surface area contributed by atoms with E-state index >= 15 is 0 Å². The molecule has 1 rings (SSSR count). The van der Waals surface area contributed by atoms with E-state index in [9.17, 15) is 4.79 Å². The van der Waals surface area contributed by atoms with Crippen LogP contribution in [-0.2, 0) is 14.3 Å². The van der Waals surface area contributed by atoms with E-state index in [1.165, 1.54) is 0 Å². The Kier molecular flexibility index (Phi) is 4.04. The summed E-state index contributed by atoms with van der Waals surface area (Å²) in [6.07, 6.45) is 2.27. The van der Waals surface area contributed by atoms with Gasteiger partial charge in [-0.25, -0.2) is 0 Å². The van der Waals surface area contributed by atoms with Gasteiger partial charge in [0.05, 0.1) is 6.42 Å². The Balaban J connectivity index is 2.16. The molecule has 1 aliphatic heterocycles. The first kappa shape index (κ1) is 9.48. The Morgan fingerprint density at radius 2 is 1.92 bits per heavy atom. The molecule has 1 saturated heterocycles. The summed E-state index contributed by atoms with van der Waals surface area (Å²) >= 11 is 0. The Hall–Kier alpha value is -0.610. The number of carboxylic acid groups (broad SMARTS) is 1. The van der Waals surface area contributed by atoms with E-state index in [1.807, 2.05) is 0 Å². The van der Waals surface area contributed by atoms with Crippen LogP contribution in [-0.4, -0.2) is 30.6 Å². The molecule has 0 aliphatic carbocycles. The zero-order chi connectivity index (χ0) is 8.81. The number of rotatable bonds is 3. The smallest absolute Gasteiger partial charge is 0.303 e. The van der Waals surface area contributed by atoms with Crippen molar-refractivity contribution in [2.24, 2.45) is 0 Å². The lowest BCUT2D eigenvalue weighted by Gasteiger charge is -2.13. The minimum Gasteiger partial charge on any atom is -0.481 e. The predicted molar refractivity (Wildman–Crippen MR) is 41.8 cm³/mol. The van der Waals surface area contributed by atoms with Gasteiger partial charge in [0.15, 0.2) is 6.29 Å². The van der Waals surface area contributed by atoms with Crippen molar-refractivity contribution >= 4 is 5.97 Å². The summed E-state index contributed by atoms with van der Waals surface area (Å²) in [6.45, 7) is 1.37. The molecule has 0 aromatic carbocycles. The minimum atomic E-state index is -0.800. The number of hydrogen-bond acceptors (Lipinski definition) is 3. The quantitative estimate of drug-likeness (QED) is 0.693. The maximum Gasteiger partial charge on any atom is 0.303 e. The lowest BCUT2D eigenvalue weighted by molar-refractivity contribution is -0.147. The monoisotopic (exact) mass is 174 g/mol. The van der Waals surface area contributed by atoms with Crippen LogP contribution in [0, 0.1) is 0 Å². The topological polar surface area (TPSA) is 55.8 Å². The largest absolute Gasteiger partial charge is 0.481 e. The SMILES string of the molecule is O=C(O)CCC1OCCCCO1. The van der Waals surface area contributed by atoms with E-state index in [-0.39, 0.29) is 12.7 Å². The maximum atomic E-state index is 10.2. The Labute approximate surface area is 71.5 Å². The highest BCUT2D eigenvalue weighted by molar-refractivity contribution is 5.66. The molecule has 0 unspecified atom stereocenters. The summed E-state index contributed by atoms with van der Waals surface area (Å²) in [7, 11) is 0. The van der Waals surface area contributed by atoms with E-state index in [0.717, 1.165) is 12.8 Å². The second-order valence-electron chi connectivity index (χ2n) is 2.81. The van der Waals surface area contributed by atoms with Crippen molar-refractivity contribution in [3.63, 3.8) is 0 Å². The highest BCUT2D eigenvalue weighted by atomic mass is 16.7. The molecular formula is C8H14O4. The summed E-state index contributed by atoms with van der Waals surface area (Å²) in [6, 6.07) is 0. The predicted octanol–water partition coefficient (Wildman–Crippen LogP) is 1.00. The van der Waals surface area contributed by atoms with Crippen LogP contribution < -0.4 is 0 Å². The Bertz CT molecular complexity index is 138.